The van der Waals surface area contributed by atoms with Gasteiger partial charge in [0.05, 0.1) is 0 Å². The first-order chi connectivity index (χ1) is 8.41. The second-order valence-corrected chi connectivity index (χ2v) is 5.07. The second kappa shape index (κ2) is 15.9. The third kappa shape index (κ3) is 15.9. The van der Waals surface area contributed by atoms with Crippen molar-refractivity contribution >= 4 is 0 Å². The summed E-state index contributed by atoms with van der Waals surface area (Å²) in [5.41, 5.74) is 0. The second-order valence-electron chi connectivity index (χ2n) is 5.07. The minimum Gasteiger partial charge on any atom is -0.396 e. The van der Waals surface area contributed by atoms with Crippen LogP contribution in [0.1, 0.15) is 77.0 Å². The molecule has 0 aliphatic rings. The lowest BCUT2D eigenvalue weighted by molar-refractivity contribution is 0.282. The Hall–Kier alpha value is -0.0800. The maximum atomic E-state index is 8.64. The third-order valence-corrected chi connectivity index (χ3v) is 3.33. The number of unbranched alkanes of at least 4 members (excludes halogenated alkanes) is 11. The Balaban J connectivity index is 2.85. The van der Waals surface area contributed by atoms with Gasteiger partial charge in [-0.3, -0.25) is 0 Å². The summed E-state index contributed by atoms with van der Waals surface area (Å²) in [5.74, 6) is 0. The predicted octanol–water partition coefficient (Wildman–Crippen LogP) is 3.88. The standard InChI is InChI=1S/C15H33NO/c1-16-14-12-10-8-6-4-2-3-5-7-9-11-13-15-17/h16-17H,2-15H2,1H3. The van der Waals surface area contributed by atoms with Gasteiger partial charge in [0.1, 0.15) is 0 Å². The third-order valence-electron chi connectivity index (χ3n) is 3.33. The van der Waals surface area contributed by atoms with Gasteiger partial charge in [-0.1, -0.05) is 64.2 Å². The van der Waals surface area contributed by atoms with Gasteiger partial charge in [0, 0.05) is 6.61 Å². The molecule has 2 nitrogen and oxygen atoms in total. The molecule has 0 saturated heterocycles. The Bertz CT molecular complexity index is 114. The summed E-state index contributed by atoms with van der Waals surface area (Å²) in [6.07, 6.45) is 16.1. The molecule has 0 aromatic carbocycles. The van der Waals surface area contributed by atoms with Crippen LogP contribution in [0.3, 0.4) is 0 Å². The van der Waals surface area contributed by atoms with E-state index in [0.717, 1.165) is 6.42 Å². The SMILES string of the molecule is CNCCCCCCCCCCCCCCO. The van der Waals surface area contributed by atoms with Crippen molar-refractivity contribution in [3.8, 4) is 0 Å². The Morgan fingerprint density at radius 1 is 0.588 bits per heavy atom. The first-order valence-electron chi connectivity index (χ1n) is 7.67. The van der Waals surface area contributed by atoms with Crippen LogP contribution in [0, 0.1) is 0 Å². The normalized spacial score (nSPS) is 10.9. The van der Waals surface area contributed by atoms with Crippen LogP contribution in [-0.4, -0.2) is 25.3 Å². The van der Waals surface area contributed by atoms with Crippen LogP contribution < -0.4 is 5.32 Å². The van der Waals surface area contributed by atoms with Crippen molar-refractivity contribution in [3.63, 3.8) is 0 Å². The quantitative estimate of drug-likeness (QED) is 0.454. The molecule has 0 heterocycles. The minimum absolute atomic E-state index is 0.369. The highest BCUT2D eigenvalue weighted by Gasteiger charge is 1.93. The van der Waals surface area contributed by atoms with Crippen LogP contribution in [0.25, 0.3) is 0 Å². The molecule has 0 saturated carbocycles. The fourth-order valence-corrected chi connectivity index (χ4v) is 2.18. The largest absolute Gasteiger partial charge is 0.396 e. The lowest BCUT2D eigenvalue weighted by Gasteiger charge is -2.02. The lowest BCUT2D eigenvalue weighted by atomic mass is 10.1. The average Bonchev–Trinajstić information content (AvgIpc) is 2.35. The summed E-state index contributed by atoms with van der Waals surface area (Å²) in [7, 11) is 2.03. The zero-order valence-corrected chi connectivity index (χ0v) is 11.8. The molecule has 17 heavy (non-hydrogen) atoms. The Morgan fingerprint density at radius 3 is 1.29 bits per heavy atom. The van der Waals surface area contributed by atoms with Crippen molar-refractivity contribution < 1.29 is 5.11 Å². The van der Waals surface area contributed by atoms with Crippen LogP contribution in [0.5, 0.6) is 0 Å². The van der Waals surface area contributed by atoms with Crippen LogP contribution in [0.15, 0.2) is 0 Å². The topological polar surface area (TPSA) is 32.3 Å². The van der Waals surface area contributed by atoms with Gasteiger partial charge < -0.3 is 10.4 Å². The summed E-state index contributed by atoms with van der Waals surface area (Å²) in [6, 6.07) is 0. The Labute approximate surface area is 108 Å². The highest BCUT2D eigenvalue weighted by molar-refractivity contribution is 4.49. The summed E-state index contributed by atoms with van der Waals surface area (Å²) in [5, 5.41) is 11.8. The molecule has 0 amide bonds. The van der Waals surface area contributed by atoms with Gasteiger partial charge >= 0.3 is 0 Å². The van der Waals surface area contributed by atoms with E-state index in [4.69, 9.17) is 5.11 Å². The lowest BCUT2D eigenvalue weighted by Crippen LogP contribution is -2.06. The molecule has 0 fully saturated rings. The highest BCUT2D eigenvalue weighted by Crippen LogP contribution is 2.11. The molecule has 2 N–H and O–H groups in total. The van der Waals surface area contributed by atoms with Gasteiger partial charge in [-0.2, -0.15) is 0 Å². The Kier molecular flexibility index (Phi) is 15.8. The molecule has 0 radical (unpaired) electrons. The zero-order chi connectivity index (χ0) is 12.6. The zero-order valence-electron chi connectivity index (χ0n) is 11.8. The number of aliphatic hydroxyl groups is 1. The molecule has 0 aromatic rings. The monoisotopic (exact) mass is 243 g/mol. The van der Waals surface area contributed by atoms with E-state index in [1.54, 1.807) is 0 Å². The molecule has 0 bridgehead atoms. The molecule has 104 valence electrons. The molecule has 0 aliphatic carbocycles. The van der Waals surface area contributed by atoms with Gasteiger partial charge in [-0.05, 0) is 26.4 Å². The van der Waals surface area contributed by atoms with Crippen molar-refractivity contribution in [3.05, 3.63) is 0 Å². The van der Waals surface area contributed by atoms with Crippen molar-refractivity contribution in [2.24, 2.45) is 0 Å². The van der Waals surface area contributed by atoms with E-state index in [9.17, 15) is 0 Å². The number of hydrogen-bond acceptors (Lipinski definition) is 2. The first-order valence-corrected chi connectivity index (χ1v) is 7.67. The minimum atomic E-state index is 0.369. The summed E-state index contributed by atoms with van der Waals surface area (Å²) < 4.78 is 0. The van der Waals surface area contributed by atoms with E-state index < -0.39 is 0 Å². The fourth-order valence-electron chi connectivity index (χ4n) is 2.18. The summed E-state index contributed by atoms with van der Waals surface area (Å²) in [4.78, 5) is 0. The molecule has 2 heteroatoms. The first kappa shape index (κ1) is 16.9. The average molecular weight is 243 g/mol. The number of rotatable bonds is 14. The van der Waals surface area contributed by atoms with Crippen LogP contribution in [0.4, 0.5) is 0 Å². The van der Waals surface area contributed by atoms with Gasteiger partial charge in [0.15, 0.2) is 0 Å². The van der Waals surface area contributed by atoms with Crippen LogP contribution >= 0.6 is 0 Å². The summed E-state index contributed by atoms with van der Waals surface area (Å²) in [6.45, 7) is 1.54. The molecule has 0 aliphatic heterocycles. The maximum Gasteiger partial charge on any atom is 0.0431 e. The number of nitrogens with one attached hydrogen (secondary N) is 1. The highest BCUT2D eigenvalue weighted by atomic mass is 16.2. The van der Waals surface area contributed by atoms with Crippen LogP contribution in [-0.2, 0) is 0 Å². The molecular formula is C15H33NO. The van der Waals surface area contributed by atoms with E-state index in [2.05, 4.69) is 5.32 Å². The van der Waals surface area contributed by atoms with Gasteiger partial charge in [0.25, 0.3) is 0 Å². The van der Waals surface area contributed by atoms with Crippen molar-refractivity contribution in [1.29, 1.82) is 0 Å². The van der Waals surface area contributed by atoms with E-state index >= 15 is 0 Å². The predicted molar refractivity (Wildman–Crippen MR) is 76.4 cm³/mol. The molecule has 0 spiro atoms. The smallest absolute Gasteiger partial charge is 0.0431 e. The molecule has 0 unspecified atom stereocenters. The molecular weight excluding hydrogens is 210 g/mol. The van der Waals surface area contributed by atoms with Crippen LogP contribution in [0.2, 0.25) is 0 Å². The van der Waals surface area contributed by atoms with Crippen molar-refractivity contribution in [2.45, 2.75) is 77.0 Å². The van der Waals surface area contributed by atoms with Gasteiger partial charge in [-0.15, -0.1) is 0 Å². The molecule has 0 aromatic heterocycles. The maximum absolute atomic E-state index is 8.64. The van der Waals surface area contributed by atoms with E-state index in [0.29, 0.717) is 6.61 Å². The molecule has 0 atom stereocenters. The fraction of sp³-hybridized carbons (Fsp3) is 1.00. The summed E-state index contributed by atoms with van der Waals surface area (Å²) >= 11 is 0. The van der Waals surface area contributed by atoms with Gasteiger partial charge in [-0.25, -0.2) is 0 Å². The van der Waals surface area contributed by atoms with E-state index in [-0.39, 0.29) is 0 Å². The van der Waals surface area contributed by atoms with Crippen molar-refractivity contribution in [1.82, 2.24) is 5.32 Å². The number of hydrogen-bond donors (Lipinski definition) is 2. The van der Waals surface area contributed by atoms with E-state index in [1.807, 2.05) is 7.05 Å². The van der Waals surface area contributed by atoms with Crippen molar-refractivity contribution in [2.75, 3.05) is 20.2 Å². The molecule has 0 rings (SSSR count). The Morgan fingerprint density at radius 2 is 0.941 bits per heavy atom. The van der Waals surface area contributed by atoms with Gasteiger partial charge in [0.2, 0.25) is 0 Å². The van der Waals surface area contributed by atoms with E-state index in [1.165, 1.54) is 77.2 Å². The number of aliphatic hydroxyl groups excluding tert-OH is 1.